The molecule has 0 aliphatic heterocycles. The first kappa shape index (κ1) is 20.0. The normalized spacial score (nSPS) is 51.2. The topological polar surface area (TPSA) is 20.2 Å². The van der Waals surface area contributed by atoms with Crippen LogP contribution in [0.3, 0.4) is 0 Å². The molecule has 4 saturated carbocycles. The van der Waals surface area contributed by atoms with Crippen LogP contribution in [0.4, 0.5) is 13.2 Å². The highest BCUT2D eigenvalue weighted by Crippen LogP contribution is 2.68. The van der Waals surface area contributed by atoms with E-state index in [1.54, 1.807) is 0 Å². The SMILES string of the molecule is CC(CC(F)(F)F)C1CCC2C3CCC4CC(O)CCC4(C)C3CCC12C. The van der Waals surface area contributed by atoms with Gasteiger partial charge in [-0.15, -0.1) is 0 Å². The molecule has 0 bridgehead atoms. The van der Waals surface area contributed by atoms with Gasteiger partial charge in [0, 0.05) is 6.42 Å². The number of aliphatic hydroxyl groups is 1. The highest BCUT2D eigenvalue weighted by atomic mass is 19.4. The van der Waals surface area contributed by atoms with Crippen LogP contribution in [0.1, 0.15) is 85.0 Å². The molecule has 4 heteroatoms. The van der Waals surface area contributed by atoms with E-state index in [0.29, 0.717) is 23.2 Å². The minimum Gasteiger partial charge on any atom is -0.393 e. The zero-order valence-corrected chi connectivity index (χ0v) is 17.2. The van der Waals surface area contributed by atoms with Crippen molar-refractivity contribution in [2.45, 2.75) is 97.3 Å². The molecule has 4 fully saturated rings. The van der Waals surface area contributed by atoms with Crippen molar-refractivity contribution in [2.24, 2.45) is 46.3 Å². The predicted molar refractivity (Wildman–Crippen MR) is 101 cm³/mol. The lowest BCUT2D eigenvalue weighted by atomic mass is 9.44. The molecule has 4 aliphatic rings. The summed E-state index contributed by atoms with van der Waals surface area (Å²) >= 11 is 0. The molecule has 0 amide bonds. The molecule has 1 nitrogen and oxygen atoms in total. The average molecular weight is 387 g/mol. The molecule has 0 aromatic heterocycles. The highest BCUT2D eigenvalue weighted by molar-refractivity contribution is 5.09. The Morgan fingerprint density at radius 3 is 2.30 bits per heavy atom. The molecule has 0 radical (unpaired) electrons. The van der Waals surface area contributed by atoms with E-state index in [1.165, 1.54) is 19.3 Å². The molecule has 4 rings (SSSR count). The number of halogens is 3. The van der Waals surface area contributed by atoms with Gasteiger partial charge in [-0.1, -0.05) is 20.8 Å². The molecule has 0 aromatic carbocycles. The van der Waals surface area contributed by atoms with Gasteiger partial charge in [-0.05, 0) is 104 Å². The Morgan fingerprint density at radius 2 is 1.59 bits per heavy atom. The van der Waals surface area contributed by atoms with E-state index >= 15 is 0 Å². The van der Waals surface area contributed by atoms with E-state index < -0.39 is 12.6 Å². The third-order valence-electron chi connectivity index (χ3n) is 9.95. The van der Waals surface area contributed by atoms with E-state index in [2.05, 4.69) is 13.8 Å². The second-order valence-electron chi connectivity index (χ2n) is 11.1. The van der Waals surface area contributed by atoms with Gasteiger partial charge in [0.1, 0.15) is 0 Å². The van der Waals surface area contributed by atoms with Gasteiger partial charge in [0.15, 0.2) is 0 Å². The summed E-state index contributed by atoms with van der Waals surface area (Å²) in [5, 5.41) is 10.1. The van der Waals surface area contributed by atoms with Gasteiger partial charge in [0.2, 0.25) is 0 Å². The Balaban J connectivity index is 1.54. The first-order valence-electron chi connectivity index (χ1n) is 11.3. The summed E-state index contributed by atoms with van der Waals surface area (Å²) in [5.74, 6) is 2.65. The van der Waals surface area contributed by atoms with Crippen molar-refractivity contribution in [3.8, 4) is 0 Å². The minimum atomic E-state index is -4.04. The molecule has 9 atom stereocenters. The number of hydrogen-bond acceptors (Lipinski definition) is 1. The number of rotatable bonds is 2. The third-order valence-corrected chi connectivity index (χ3v) is 9.95. The van der Waals surface area contributed by atoms with Crippen LogP contribution in [0.5, 0.6) is 0 Å². The number of alkyl halides is 3. The van der Waals surface area contributed by atoms with Crippen LogP contribution < -0.4 is 0 Å². The fraction of sp³-hybridized carbons (Fsp3) is 1.00. The molecular weight excluding hydrogens is 349 g/mol. The fourth-order valence-corrected chi connectivity index (χ4v) is 8.72. The Labute approximate surface area is 162 Å². The van der Waals surface area contributed by atoms with Crippen LogP contribution in [0.25, 0.3) is 0 Å². The molecule has 0 saturated heterocycles. The van der Waals surface area contributed by atoms with Crippen LogP contribution in [-0.4, -0.2) is 17.4 Å². The van der Waals surface area contributed by atoms with Crippen molar-refractivity contribution < 1.29 is 18.3 Å². The smallest absolute Gasteiger partial charge is 0.389 e. The van der Waals surface area contributed by atoms with Crippen LogP contribution in [0.2, 0.25) is 0 Å². The van der Waals surface area contributed by atoms with Crippen LogP contribution in [-0.2, 0) is 0 Å². The molecule has 9 unspecified atom stereocenters. The Kier molecular flexibility index (Phi) is 4.93. The van der Waals surface area contributed by atoms with Crippen molar-refractivity contribution in [2.75, 3.05) is 0 Å². The molecule has 1 N–H and O–H groups in total. The van der Waals surface area contributed by atoms with E-state index in [-0.39, 0.29) is 23.4 Å². The van der Waals surface area contributed by atoms with Crippen molar-refractivity contribution in [1.29, 1.82) is 0 Å². The van der Waals surface area contributed by atoms with Gasteiger partial charge < -0.3 is 5.11 Å². The summed E-state index contributed by atoms with van der Waals surface area (Å²) in [6.45, 7) is 6.65. The first-order chi connectivity index (χ1) is 12.5. The summed E-state index contributed by atoms with van der Waals surface area (Å²) in [5.41, 5.74) is 0.447. The molecule has 156 valence electrons. The Hall–Kier alpha value is -0.250. The minimum absolute atomic E-state index is 0.100. The monoisotopic (exact) mass is 386 g/mol. The molecule has 0 heterocycles. The quantitative estimate of drug-likeness (QED) is 0.567. The van der Waals surface area contributed by atoms with Crippen molar-refractivity contribution in [3.63, 3.8) is 0 Å². The second-order valence-corrected chi connectivity index (χ2v) is 11.1. The summed E-state index contributed by atoms with van der Waals surface area (Å²) < 4.78 is 39.1. The van der Waals surface area contributed by atoms with Crippen molar-refractivity contribution >= 4 is 0 Å². The molecular formula is C23H37F3O. The van der Waals surface area contributed by atoms with Crippen molar-refractivity contribution in [3.05, 3.63) is 0 Å². The summed E-state index contributed by atoms with van der Waals surface area (Å²) in [4.78, 5) is 0. The maximum absolute atomic E-state index is 13.0. The first-order valence-corrected chi connectivity index (χ1v) is 11.3. The highest BCUT2D eigenvalue weighted by Gasteiger charge is 2.60. The number of hydrogen-bond donors (Lipinski definition) is 1. The van der Waals surface area contributed by atoms with Gasteiger partial charge >= 0.3 is 6.18 Å². The number of fused-ring (bicyclic) bond motifs is 5. The Morgan fingerprint density at radius 1 is 0.926 bits per heavy atom. The summed E-state index contributed by atoms with van der Waals surface area (Å²) in [7, 11) is 0. The number of aliphatic hydroxyl groups excluding tert-OH is 1. The van der Waals surface area contributed by atoms with E-state index in [4.69, 9.17) is 0 Å². The summed E-state index contributed by atoms with van der Waals surface area (Å²) in [6.07, 6.45) is 5.12. The average Bonchev–Trinajstić information content (AvgIpc) is 2.91. The lowest BCUT2D eigenvalue weighted by Crippen LogP contribution is -2.54. The van der Waals surface area contributed by atoms with Gasteiger partial charge in [0.05, 0.1) is 6.10 Å². The van der Waals surface area contributed by atoms with Gasteiger partial charge in [-0.2, -0.15) is 13.2 Å². The van der Waals surface area contributed by atoms with Crippen molar-refractivity contribution in [1.82, 2.24) is 0 Å². The van der Waals surface area contributed by atoms with Crippen LogP contribution >= 0.6 is 0 Å². The lowest BCUT2D eigenvalue weighted by Gasteiger charge is -2.61. The Bertz CT molecular complexity index is 560. The summed E-state index contributed by atoms with van der Waals surface area (Å²) in [6, 6.07) is 0. The molecule has 4 aliphatic carbocycles. The second kappa shape index (κ2) is 6.64. The maximum Gasteiger partial charge on any atom is 0.389 e. The molecule has 27 heavy (non-hydrogen) atoms. The molecule has 0 spiro atoms. The van der Waals surface area contributed by atoms with E-state index in [0.717, 1.165) is 44.4 Å². The van der Waals surface area contributed by atoms with Gasteiger partial charge in [-0.3, -0.25) is 0 Å². The zero-order valence-electron chi connectivity index (χ0n) is 17.2. The zero-order chi connectivity index (χ0) is 19.6. The van der Waals surface area contributed by atoms with Gasteiger partial charge in [-0.25, -0.2) is 0 Å². The largest absolute Gasteiger partial charge is 0.393 e. The predicted octanol–water partition coefficient (Wildman–Crippen LogP) is 6.59. The molecule has 0 aromatic rings. The third kappa shape index (κ3) is 3.26. The van der Waals surface area contributed by atoms with Crippen LogP contribution in [0.15, 0.2) is 0 Å². The van der Waals surface area contributed by atoms with E-state index in [1.807, 2.05) is 6.92 Å². The fourth-order valence-electron chi connectivity index (χ4n) is 8.72. The van der Waals surface area contributed by atoms with E-state index in [9.17, 15) is 18.3 Å². The standard InChI is InChI=1S/C23H37F3O/c1-14(13-23(24,25)26)18-6-7-19-17-5-4-15-12-16(27)8-10-21(15,2)20(17)9-11-22(18,19)3/h14-20,27H,4-13H2,1-3H3. The van der Waals surface area contributed by atoms with Gasteiger partial charge in [0.25, 0.3) is 0 Å². The van der Waals surface area contributed by atoms with Crippen LogP contribution in [0, 0.1) is 46.3 Å². The maximum atomic E-state index is 13.0. The lowest BCUT2D eigenvalue weighted by molar-refractivity contribution is -0.157.